The molecule has 1 amide bonds. The fraction of sp³-hybridized carbons (Fsp3) is 0.188. The van der Waals surface area contributed by atoms with E-state index in [1.807, 2.05) is 4.72 Å². The first-order valence-corrected chi connectivity index (χ1v) is 9.14. The summed E-state index contributed by atoms with van der Waals surface area (Å²) in [6.07, 6.45) is -4.70. The van der Waals surface area contributed by atoms with Gasteiger partial charge in [-0.25, -0.2) is 13.1 Å². The summed E-state index contributed by atoms with van der Waals surface area (Å²) in [5.41, 5.74) is -0.707. The Balaban J connectivity index is 1.93. The summed E-state index contributed by atoms with van der Waals surface area (Å²) in [6, 6.07) is 8.47. The van der Waals surface area contributed by atoms with E-state index in [0.717, 1.165) is 18.2 Å². The van der Waals surface area contributed by atoms with Crippen molar-refractivity contribution >= 4 is 21.6 Å². The maximum Gasteiger partial charge on any atom is 0.416 e. The molecule has 0 heterocycles. The molecule has 0 bridgehead atoms. The molecular formula is C16H14F3N3O5S. The summed E-state index contributed by atoms with van der Waals surface area (Å²) < 4.78 is 64.1. The average Bonchev–Trinajstić information content (AvgIpc) is 2.64. The molecule has 28 heavy (non-hydrogen) atoms. The smallest absolute Gasteiger partial charge is 0.351 e. The molecule has 8 nitrogen and oxygen atoms in total. The molecular weight excluding hydrogens is 403 g/mol. The van der Waals surface area contributed by atoms with Crippen LogP contribution in [-0.2, 0) is 27.5 Å². The highest BCUT2D eigenvalue weighted by Crippen LogP contribution is 2.30. The maximum absolute atomic E-state index is 12.7. The SMILES string of the molecule is O=C(CNS(=O)(=O)c1cccc(C(F)(F)F)c1)NCc1ccc([N+](=O)[O-])cc1. The van der Waals surface area contributed by atoms with Gasteiger partial charge in [-0.2, -0.15) is 13.2 Å². The molecule has 0 aliphatic rings. The minimum Gasteiger partial charge on any atom is -0.351 e. The Hall–Kier alpha value is -2.99. The van der Waals surface area contributed by atoms with Gasteiger partial charge in [-0.1, -0.05) is 18.2 Å². The average molecular weight is 417 g/mol. The van der Waals surface area contributed by atoms with Crippen molar-refractivity contribution in [1.82, 2.24) is 10.0 Å². The lowest BCUT2D eigenvalue weighted by molar-refractivity contribution is -0.384. The number of nitrogens with zero attached hydrogens (tertiary/aromatic N) is 1. The zero-order valence-electron chi connectivity index (χ0n) is 14.1. The Bertz CT molecular complexity index is 976. The number of carbonyl (C=O) groups is 1. The summed E-state index contributed by atoms with van der Waals surface area (Å²) in [4.78, 5) is 21.1. The van der Waals surface area contributed by atoms with Gasteiger partial charge in [0.1, 0.15) is 0 Å². The van der Waals surface area contributed by atoms with E-state index in [2.05, 4.69) is 5.32 Å². The number of nitro groups is 1. The van der Waals surface area contributed by atoms with Crippen LogP contribution >= 0.6 is 0 Å². The number of amides is 1. The van der Waals surface area contributed by atoms with Gasteiger partial charge in [0.25, 0.3) is 5.69 Å². The van der Waals surface area contributed by atoms with Crippen LogP contribution in [-0.4, -0.2) is 25.8 Å². The minimum absolute atomic E-state index is 0.0118. The van der Waals surface area contributed by atoms with Gasteiger partial charge in [0, 0.05) is 18.7 Å². The van der Waals surface area contributed by atoms with E-state index in [0.29, 0.717) is 11.6 Å². The summed E-state index contributed by atoms with van der Waals surface area (Å²) >= 11 is 0. The number of rotatable bonds is 7. The van der Waals surface area contributed by atoms with Crippen LogP contribution in [0.4, 0.5) is 18.9 Å². The van der Waals surface area contributed by atoms with Crippen molar-refractivity contribution in [2.24, 2.45) is 0 Å². The van der Waals surface area contributed by atoms with Crippen LogP contribution in [0.3, 0.4) is 0 Å². The van der Waals surface area contributed by atoms with E-state index in [-0.39, 0.29) is 12.2 Å². The lowest BCUT2D eigenvalue weighted by Gasteiger charge is -2.10. The first kappa shape index (κ1) is 21.3. The first-order valence-electron chi connectivity index (χ1n) is 7.66. The predicted molar refractivity (Wildman–Crippen MR) is 91.6 cm³/mol. The number of carbonyl (C=O) groups excluding carboxylic acids is 1. The van der Waals surface area contributed by atoms with E-state index >= 15 is 0 Å². The van der Waals surface area contributed by atoms with Gasteiger partial charge in [-0.3, -0.25) is 14.9 Å². The van der Waals surface area contributed by atoms with Gasteiger partial charge in [-0.15, -0.1) is 0 Å². The molecule has 0 spiro atoms. The van der Waals surface area contributed by atoms with E-state index < -0.39 is 44.0 Å². The summed E-state index contributed by atoms with van der Waals surface area (Å²) in [6.45, 7) is -0.701. The normalized spacial score (nSPS) is 11.8. The molecule has 0 aliphatic heterocycles. The lowest BCUT2D eigenvalue weighted by atomic mass is 10.2. The molecule has 0 unspecified atom stereocenters. The molecule has 150 valence electrons. The van der Waals surface area contributed by atoms with E-state index in [1.165, 1.54) is 24.3 Å². The second-order valence-electron chi connectivity index (χ2n) is 5.55. The third kappa shape index (κ3) is 5.76. The molecule has 2 aromatic carbocycles. The maximum atomic E-state index is 12.7. The van der Waals surface area contributed by atoms with Gasteiger partial charge in [-0.05, 0) is 23.8 Å². The summed E-state index contributed by atoms with van der Waals surface area (Å²) in [7, 11) is -4.32. The molecule has 2 aromatic rings. The second-order valence-corrected chi connectivity index (χ2v) is 7.32. The number of nitrogens with one attached hydrogen (secondary N) is 2. The van der Waals surface area contributed by atoms with Gasteiger partial charge in [0.05, 0.1) is 21.9 Å². The van der Waals surface area contributed by atoms with E-state index in [9.17, 15) is 36.5 Å². The standard InChI is InChI=1S/C16H14F3N3O5S/c17-16(18,19)12-2-1-3-14(8-12)28(26,27)21-10-15(23)20-9-11-4-6-13(7-5-11)22(24)25/h1-8,21H,9-10H2,(H,20,23). The quantitative estimate of drug-likeness (QED) is 0.529. The van der Waals surface area contributed by atoms with Crippen LogP contribution in [0.2, 0.25) is 0 Å². The lowest BCUT2D eigenvalue weighted by Crippen LogP contribution is -2.36. The Labute approximate surface area is 157 Å². The first-order chi connectivity index (χ1) is 13.0. The Kier molecular flexibility index (Phi) is 6.36. The van der Waals surface area contributed by atoms with Gasteiger partial charge in [0.2, 0.25) is 15.9 Å². The zero-order valence-corrected chi connectivity index (χ0v) is 14.9. The van der Waals surface area contributed by atoms with E-state index in [4.69, 9.17) is 0 Å². The van der Waals surface area contributed by atoms with Crippen LogP contribution in [0.15, 0.2) is 53.4 Å². The largest absolute Gasteiger partial charge is 0.416 e. The van der Waals surface area contributed by atoms with Crippen LogP contribution in [0.5, 0.6) is 0 Å². The number of alkyl halides is 3. The highest BCUT2D eigenvalue weighted by atomic mass is 32.2. The number of halogens is 3. The molecule has 0 aliphatic carbocycles. The molecule has 0 fully saturated rings. The van der Waals surface area contributed by atoms with Gasteiger partial charge in [0.15, 0.2) is 0 Å². The molecule has 2 rings (SSSR count). The molecule has 12 heteroatoms. The number of hydrogen-bond acceptors (Lipinski definition) is 5. The van der Waals surface area contributed by atoms with E-state index in [1.54, 1.807) is 0 Å². The Morgan fingerprint density at radius 1 is 1.11 bits per heavy atom. The number of benzene rings is 2. The van der Waals surface area contributed by atoms with Crippen LogP contribution in [0.25, 0.3) is 0 Å². The fourth-order valence-corrected chi connectivity index (χ4v) is 3.11. The zero-order chi connectivity index (χ0) is 20.9. The van der Waals surface area contributed by atoms with Crippen LogP contribution in [0.1, 0.15) is 11.1 Å². The van der Waals surface area contributed by atoms with Crippen molar-refractivity contribution in [1.29, 1.82) is 0 Å². The van der Waals surface area contributed by atoms with Crippen molar-refractivity contribution in [3.05, 3.63) is 69.8 Å². The number of non-ortho nitro benzene ring substituents is 1. The van der Waals surface area contributed by atoms with Crippen molar-refractivity contribution in [2.75, 3.05) is 6.54 Å². The van der Waals surface area contributed by atoms with Gasteiger partial charge >= 0.3 is 6.18 Å². The number of hydrogen-bond donors (Lipinski definition) is 2. The molecule has 0 atom stereocenters. The second kappa shape index (κ2) is 8.35. The molecule has 2 N–H and O–H groups in total. The Morgan fingerprint density at radius 3 is 2.32 bits per heavy atom. The Morgan fingerprint density at radius 2 is 1.75 bits per heavy atom. The van der Waals surface area contributed by atoms with Crippen LogP contribution < -0.4 is 10.0 Å². The number of nitro benzene ring substituents is 1. The monoisotopic (exact) mass is 417 g/mol. The fourth-order valence-electron chi connectivity index (χ4n) is 2.08. The number of sulfonamides is 1. The third-order valence-corrected chi connectivity index (χ3v) is 4.93. The molecule has 0 saturated carbocycles. The van der Waals surface area contributed by atoms with Gasteiger partial charge < -0.3 is 5.32 Å². The van der Waals surface area contributed by atoms with Crippen molar-refractivity contribution in [3.63, 3.8) is 0 Å². The predicted octanol–water partition coefficient (Wildman–Crippen LogP) is 2.21. The van der Waals surface area contributed by atoms with Crippen molar-refractivity contribution in [3.8, 4) is 0 Å². The van der Waals surface area contributed by atoms with Crippen molar-refractivity contribution < 1.29 is 31.3 Å². The minimum atomic E-state index is -4.70. The third-order valence-electron chi connectivity index (χ3n) is 3.53. The molecule has 0 saturated heterocycles. The summed E-state index contributed by atoms with van der Waals surface area (Å²) in [5.74, 6) is -0.728. The highest BCUT2D eigenvalue weighted by Gasteiger charge is 2.31. The van der Waals surface area contributed by atoms with Crippen LogP contribution in [0, 0.1) is 10.1 Å². The topological polar surface area (TPSA) is 118 Å². The highest BCUT2D eigenvalue weighted by molar-refractivity contribution is 7.89. The molecule has 0 aromatic heterocycles. The summed E-state index contributed by atoms with van der Waals surface area (Å²) in [5, 5.41) is 13.0. The van der Waals surface area contributed by atoms with Crippen molar-refractivity contribution in [2.45, 2.75) is 17.6 Å². The molecule has 0 radical (unpaired) electrons.